The van der Waals surface area contributed by atoms with Crippen molar-refractivity contribution in [3.8, 4) is 11.1 Å². The van der Waals surface area contributed by atoms with E-state index in [2.05, 4.69) is 5.32 Å². The maximum absolute atomic E-state index is 12.9. The number of alkyl halides is 3. The molecule has 1 aliphatic heterocycles. The van der Waals surface area contributed by atoms with Crippen molar-refractivity contribution in [1.29, 1.82) is 0 Å². The average molecular weight is 426 g/mol. The van der Waals surface area contributed by atoms with Crippen molar-refractivity contribution in [1.82, 2.24) is 10.2 Å². The summed E-state index contributed by atoms with van der Waals surface area (Å²) in [6.45, 7) is 0.439. The standard InChI is InChI=1S/C24H21F3N2O2/c1-29(14-19-10-12-22(30)28-19)23(31)17-7-11-21-16(13-17)3-2-4-20(21)15-5-8-18(9-6-15)24(25,26)27/h2-9,11,13,19H,10,12,14H2,1H3,(H,28,30). The monoisotopic (exact) mass is 426 g/mol. The molecule has 3 aromatic rings. The normalized spacial score (nSPS) is 16.4. The van der Waals surface area contributed by atoms with Crippen LogP contribution in [0.3, 0.4) is 0 Å². The molecule has 3 aromatic carbocycles. The van der Waals surface area contributed by atoms with Gasteiger partial charge in [0.05, 0.1) is 5.56 Å². The third kappa shape index (κ3) is 4.40. The van der Waals surface area contributed by atoms with E-state index in [-0.39, 0.29) is 17.9 Å². The number of halogens is 3. The molecule has 0 radical (unpaired) electrons. The summed E-state index contributed by atoms with van der Waals surface area (Å²) in [5.41, 5.74) is 1.30. The topological polar surface area (TPSA) is 49.4 Å². The zero-order chi connectivity index (χ0) is 22.2. The van der Waals surface area contributed by atoms with Gasteiger partial charge < -0.3 is 10.2 Å². The molecule has 0 aliphatic carbocycles. The Morgan fingerprint density at radius 3 is 2.48 bits per heavy atom. The Morgan fingerprint density at radius 1 is 1.10 bits per heavy atom. The third-order valence-electron chi connectivity index (χ3n) is 5.58. The Labute approximate surface area is 177 Å². The smallest absolute Gasteiger partial charge is 0.352 e. The quantitative estimate of drug-likeness (QED) is 0.647. The van der Waals surface area contributed by atoms with Gasteiger partial charge in [0.1, 0.15) is 0 Å². The van der Waals surface area contributed by atoms with Crippen LogP contribution in [0.5, 0.6) is 0 Å². The predicted octanol–water partition coefficient (Wildman–Crippen LogP) is 4.88. The molecule has 0 bridgehead atoms. The second-order valence-electron chi connectivity index (χ2n) is 7.81. The summed E-state index contributed by atoms with van der Waals surface area (Å²) in [6.07, 6.45) is -3.18. The van der Waals surface area contributed by atoms with E-state index in [9.17, 15) is 22.8 Å². The summed E-state index contributed by atoms with van der Waals surface area (Å²) >= 11 is 0. The number of hydrogen-bond donors (Lipinski definition) is 1. The van der Waals surface area contributed by atoms with Crippen LogP contribution in [0.1, 0.15) is 28.8 Å². The summed E-state index contributed by atoms with van der Waals surface area (Å²) in [5.74, 6) is -0.143. The van der Waals surface area contributed by atoms with Gasteiger partial charge in [-0.3, -0.25) is 9.59 Å². The van der Waals surface area contributed by atoms with Gasteiger partial charge in [-0.1, -0.05) is 36.4 Å². The first-order valence-electron chi connectivity index (χ1n) is 9.97. The lowest BCUT2D eigenvalue weighted by atomic mass is 9.96. The number of fused-ring (bicyclic) bond motifs is 1. The molecule has 1 N–H and O–H groups in total. The van der Waals surface area contributed by atoms with E-state index in [1.54, 1.807) is 24.1 Å². The number of amides is 2. The molecule has 160 valence electrons. The molecule has 31 heavy (non-hydrogen) atoms. The van der Waals surface area contributed by atoms with Gasteiger partial charge in [-0.2, -0.15) is 13.2 Å². The molecule has 0 saturated carbocycles. The first kappa shape index (κ1) is 20.9. The number of carbonyl (C=O) groups is 2. The molecule has 1 aliphatic rings. The number of hydrogen-bond acceptors (Lipinski definition) is 2. The number of likely N-dealkylation sites (N-methyl/N-ethyl adjacent to an activating group) is 1. The number of nitrogens with zero attached hydrogens (tertiary/aromatic N) is 1. The molecular formula is C24H21F3N2O2. The van der Waals surface area contributed by atoms with E-state index in [1.807, 2.05) is 24.3 Å². The van der Waals surface area contributed by atoms with Gasteiger partial charge in [-0.15, -0.1) is 0 Å². The van der Waals surface area contributed by atoms with Gasteiger partial charge in [0.2, 0.25) is 5.91 Å². The number of rotatable bonds is 4. The molecule has 7 heteroatoms. The molecule has 1 atom stereocenters. The highest BCUT2D eigenvalue weighted by atomic mass is 19.4. The first-order chi connectivity index (χ1) is 14.7. The van der Waals surface area contributed by atoms with Crippen LogP contribution in [0.4, 0.5) is 13.2 Å². The van der Waals surface area contributed by atoms with Crippen LogP contribution >= 0.6 is 0 Å². The second kappa shape index (κ2) is 8.06. The van der Waals surface area contributed by atoms with E-state index in [1.165, 1.54) is 12.1 Å². The largest absolute Gasteiger partial charge is 0.416 e. The fraction of sp³-hybridized carbons (Fsp3) is 0.250. The summed E-state index contributed by atoms with van der Waals surface area (Å²) < 4.78 is 38.6. The zero-order valence-corrected chi connectivity index (χ0v) is 16.9. The molecule has 1 fully saturated rings. The molecule has 0 aromatic heterocycles. The molecule has 0 spiro atoms. The molecule has 4 rings (SSSR count). The van der Waals surface area contributed by atoms with E-state index in [0.29, 0.717) is 30.5 Å². The highest BCUT2D eigenvalue weighted by Crippen LogP contribution is 2.33. The lowest BCUT2D eigenvalue weighted by molar-refractivity contribution is -0.137. The van der Waals surface area contributed by atoms with Crippen molar-refractivity contribution in [2.45, 2.75) is 25.1 Å². The lowest BCUT2D eigenvalue weighted by Gasteiger charge is -2.21. The minimum Gasteiger partial charge on any atom is -0.352 e. The van der Waals surface area contributed by atoms with Crippen LogP contribution in [0.15, 0.2) is 60.7 Å². The van der Waals surface area contributed by atoms with Crippen LogP contribution in [0.2, 0.25) is 0 Å². The molecule has 1 saturated heterocycles. The maximum atomic E-state index is 12.9. The predicted molar refractivity (Wildman–Crippen MR) is 113 cm³/mol. The van der Waals surface area contributed by atoms with Crippen molar-refractivity contribution < 1.29 is 22.8 Å². The summed E-state index contributed by atoms with van der Waals surface area (Å²) in [6, 6.07) is 15.9. The molecule has 4 nitrogen and oxygen atoms in total. The Hall–Kier alpha value is -3.35. The summed E-state index contributed by atoms with van der Waals surface area (Å²) in [4.78, 5) is 25.8. The SMILES string of the molecule is CN(CC1CCC(=O)N1)C(=O)c1ccc2c(-c3ccc(C(F)(F)F)cc3)cccc2c1. The highest BCUT2D eigenvalue weighted by Gasteiger charge is 2.30. The Morgan fingerprint density at radius 2 is 1.84 bits per heavy atom. The van der Waals surface area contributed by atoms with Gasteiger partial charge in [-0.05, 0) is 52.6 Å². The van der Waals surface area contributed by atoms with Crippen LogP contribution in [0, 0.1) is 0 Å². The third-order valence-corrected chi connectivity index (χ3v) is 5.58. The minimum absolute atomic E-state index is 0.00681. The first-order valence-corrected chi connectivity index (χ1v) is 9.97. The molecule has 1 unspecified atom stereocenters. The van der Waals surface area contributed by atoms with Crippen LogP contribution < -0.4 is 5.32 Å². The average Bonchev–Trinajstić information content (AvgIpc) is 3.16. The van der Waals surface area contributed by atoms with Crippen molar-refractivity contribution in [3.05, 3.63) is 71.8 Å². The molecule has 1 heterocycles. The fourth-order valence-corrected chi connectivity index (χ4v) is 3.96. The second-order valence-corrected chi connectivity index (χ2v) is 7.81. The van der Waals surface area contributed by atoms with Crippen molar-refractivity contribution in [2.24, 2.45) is 0 Å². The Kier molecular flexibility index (Phi) is 5.43. The Bertz CT molecular complexity index is 1140. The van der Waals surface area contributed by atoms with E-state index >= 15 is 0 Å². The van der Waals surface area contributed by atoms with Gasteiger partial charge in [-0.25, -0.2) is 0 Å². The van der Waals surface area contributed by atoms with Crippen molar-refractivity contribution in [3.63, 3.8) is 0 Å². The minimum atomic E-state index is -4.38. The number of benzene rings is 3. The summed E-state index contributed by atoms with van der Waals surface area (Å²) in [5, 5.41) is 4.53. The zero-order valence-electron chi connectivity index (χ0n) is 16.9. The lowest BCUT2D eigenvalue weighted by Crippen LogP contribution is -2.39. The van der Waals surface area contributed by atoms with Crippen LogP contribution in [0.25, 0.3) is 21.9 Å². The van der Waals surface area contributed by atoms with Gasteiger partial charge in [0, 0.05) is 31.6 Å². The van der Waals surface area contributed by atoms with E-state index in [0.717, 1.165) is 28.5 Å². The summed E-state index contributed by atoms with van der Waals surface area (Å²) in [7, 11) is 1.70. The van der Waals surface area contributed by atoms with Gasteiger partial charge in [0.15, 0.2) is 0 Å². The molecule has 2 amide bonds. The highest BCUT2D eigenvalue weighted by molar-refractivity contribution is 6.02. The van der Waals surface area contributed by atoms with Crippen molar-refractivity contribution >= 4 is 22.6 Å². The van der Waals surface area contributed by atoms with E-state index in [4.69, 9.17) is 0 Å². The molecular weight excluding hydrogens is 405 g/mol. The van der Waals surface area contributed by atoms with Crippen LogP contribution in [-0.2, 0) is 11.0 Å². The fourth-order valence-electron chi connectivity index (χ4n) is 3.96. The maximum Gasteiger partial charge on any atom is 0.416 e. The van der Waals surface area contributed by atoms with Gasteiger partial charge >= 0.3 is 6.18 Å². The number of nitrogens with one attached hydrogen (secondary N) is 1. The van der Waals surface area contributed by atoms with Gasteiger partial charge in [0.25, 0.3) is 5.91 Å². The van der Waals surface area contributed by atoms with E-state index < -0.39 is 11.7 Å². The van der Waals surface area contributed by atoms with Crippen molar-refractivity contribution in [2.75, 3.05) is 13.6 Å². The Balaban J connectivity index is 1.59. The number of carbonyl (C=O) groups excluding carboxylic acids is 2. The van der Waals surface area contributed by atoms with Crippen LogP contribution in [-0.4, -0.2) is 36.3 Å².